The zero-order valence-electron chi connectivity index (χ0n) is 12.4. The SMILES string of the molecule is CCCC(=O)Nc1ccc(NCCc2ccccc2)cc1. The Morgan fingerprint density at radius 3 is 2.29 bits per heavy atom. The molecule has 2 N–H and O–H groups in total. The van der Waals surface area contributed by atoms with E-state index in [0.29, 0.717) is 6.42 Å². The number of nitrogens with one attached hydrogen (secondary N) is 2. The second kappa shape index (κ2) is 8.10. The molecule has 0 aliphatic rings. The van der Waals surface area contributed by atoms with E-state index in [4.69, 9.17) is 0 Å². The molecular formula is C18H22N2O. The van der Waals surface area contributed by atoms with Crippen molar-refractivity contribution in [2.75, 3.05) is 17.2 Å². The lowest BCUT2D eigenvalue weighted by Crippen LogP contribution is -2.10. The molecule has 2 rings (SSSR count). The monoisotopic (exact) mass is 282 g/mol. The van der Waals surface area contributed by atoms with Gasteiger partial charge in [-0.2, -0.15) is 0 Å². The van der Waals surface area contributed by atoms with Crippen molar-refractivity contribution in [3.05, 3.63) is 60.2 Å². The summed E-state index contributed by atoms with van der Waals surface area (Å²) in [6.07, 6.45) is 2.43. The molecule has 0 saturated carbocycles. The van der Waals surface area contributed by atoms with E-state index in [1.807, 2.05) is 37.3 Å². The highest BCUT2D eigenvalue weighted by Gasteiger charge is 2.00. The van der Waals surface area contributed by atoms with Gasteiger partial charge in [0.15, 0.2) is 0 Å². The van der Waals surface area contributed by atoms with Crippen LogP contribution in [0.25, 0.3) is 0 Å². The van der Waals surface area contributed by atoms with Gasteiger partial charge in [0.1, 0.15) is 0 Å². The van der Waals surface area contributed by atoms with Crippen LogP contribution >= 0.6 is 0 Å². The standard InChI is InChI=1S/C18H22N2O/c1-2-6-18(21)20-17-11-9-16(10-12-17)19-14-13-15-7-4-3-5-8-15/h3-5,7-12,19H,2,6,13-14H2,1H3,(H,20,21). The molecule has 0 aliphatic heterocycles. The maximum absolute atomic E-state index is 11.5. The summed E-state index contributed by atoms with van der Waals surface area (Å²) < 4.78 is 0. The first kappa shape index (κ1) is 15.1. The highest BCUT2D eigenvalue weighted by Crippen LogP contribution is 2.14. The van der Waals surface area contributed by atoms with Crippen molar-refractivity contribution < 1.29 is 4.79 Å². The van der Waals surface area contributed by atoms with Crippen LogP contribution in [0, 0.1) is 0 Å². The fourth-order valence-corrected chi connectivity index (χ4v) is 2.12. The molecule has 0 fully saturated rings. The molecule has 0 aromatic heterocycles. The van der Waals surface area contributed by atoms with Crippen molar-refractivity contribution in [3.8, 4) is 0 Å². The van der Waals surface area contributed by atoms with E-state index < -0.39 is 0 Å². The molecule has 0 atom stereocenters. The lowest BCUT2D eigenvalue weighted by atomic mass is 10.1. The first-order chi connectivity index (χ1) is 10.3. The molecule has 0 saturated heterocycles. The second-order valence-corrected chi connectivity index (χ2v) is 5.04. The molecule has 2 aromatic carbocycles. The Bertz CT molecular complexity index is 549. The number of hydrogen-bond acceptors (Lipinski definition) is 2. The summed E-state index contributed by atoms with van der Waals surface area (Å²) in [6.45, 7) is 2.89. The Hall–Kier alpha value is -2.29. The van der Waals surface area contributed by atoms with Crippen molar-refractivity contribution in [3.63, 3.8) is 0 Å². The molecule has 0 unspecified atom stereocenters. The average Bonchev–Trinajstić information content (AvgIpc) is 2.50. The maximum atomic E-state index is 11.5. The van der Waals surface area contributed by atoms with Gasteiger partial charge in [0.05, 0.1) is 0 Å². The molecular weight excluding hydrogens is 260 g/mol. The van der Waals surface area contributed by atoms with Crippen molar-refractivity contribution in [2.45, 2.75) is 26.2 Å². The first-order valence-electron chi connectivity index (χ1n) is 7.45. The van der Waals surface area contributed by atoms with Gasteiger partial charge in [-0.15, -0.1) is 0 Å². The van der Waals surface area contributed by atoms with Gasteiger partial charge in [0.25, 0.3) is 0 Å². The van der Waals surface area contributed by atoms with Crippen LogP contribution in [0.4, 0.5) is 11.4 Å². The van der Waals surface area contributed by atoms with E-state index in [0.717, 1.165) is 30.8 Å². The summed E-state index contributed by atoms with van der Waals surface area (Å²) in [5.41, 5.74) is 3.25. The van der Waals surface area contributed by atoms with Gasteiger partial charge < -0.3 is 10.6 Å². The third-order valence-electron chi connectivity index (χ3n) is 3.23. The van der Waals surface area contributed by atoms with Crippen molar-refractivity contribution in [1.29, 1.82) is 0 Å². The largest absolute Gasteiger partial charge is 0.385 e. The van der Waals surface area contributed by atoms with Crippen LogP contribution in [0.15, 0.2) is 54.6 Å². The molecule has 21 heavy (non-hydrogen) atoms. The number of carbonyl (C=O) groups is 1. The summed E-state index contributed by atoms with van der Waals surface area (Å²) in [5, 5.41) is 6.27. The van der Waals surface area contributed by atoms with Gasteiger partial charge in [0.2, 0.25) is 5.91 Å². The molecule has 0 radical (unpaired) electrons. The van der Waals surface area contributed by atoms with Crippen molar-refractivity contribution >= 4 is 17.3 Å². The topological polar surface area (TPSA) is 41.1 Å². The van der Waals surface area contributed by atoms with Crippen LogP contribution in [-0.2, 0) is 11.2 Å². The van der Waals surface area contributed by atoms with Crippen LogP contribution in [0.3, 0.4) is 0 Å². The summed E-state index contributed by atoms with van der Waals surface area (Å²) in [5.74, 6) is 0.0716. The molecule has 0 heterocycles. The van der Waals surface area contributed by atoms with Crippen molar-refractivity contribution in [1.82, 2.24) is 0 Å². The van der Waals surface area contributed by atoms with E-state index >= 15 is 0 Å². The van der Waals surface area contributed by atoms with Crippen LogP contribution in [0.2, 0.25) is 0 Å². The predicted molar refractivity (Wildman–Crippen MR) is 88.6 cm³/mol. The minimum atomic E-state index is 0.0716. The van der Waals surface area contributed by atoms with Gasteiger partial charge in [-0.25, -0.2) is 0 Å². The van der Waals surface area contributed by atoms with Gasteiger partial charge in [-0.05, 0) is 42.7 Å². The van der Waals surface area contributed by atoms with E-state index in [2.05, 4.69) is 34.9 Å². The Labute approximate surface area is 126 Å². The minimum absolute atomic E-state index is 0.0716. The molecule has 0 aliphatic carbocycles. The first-order valence-corrected chi connectivity index (χ1v) is 7.45. The fraction of sp³-hybridized carbons (Fsp3) is 0.278. The summed E-state index contributed by atoms with van der Waals surface area (Å²) in [6, 6.07) is 18.3. The number of anilines is 2. The highest BCUT2D eigenvalue weighted by atomic mass is 16.1. The van der Waals surface area contributed by atoms with E-state index in [1.54, 1.807) is 0 Å². The molecule has 110 valence electrons. The number of carbonyl (C=O) groups excluding carboxylic acids is 1. The lowest BCUT2D eigenvalue weighted by Gasteiger charge is -2.08. The maximum Gasteiger partial charge on any atom is 0.224 e. The van der Waals surface area contributed by atoms with Crippen LogP contribution in [0.5, 0.6) is 0 Å². The van der Waals surface area contributed by atoms with Gasteiger partial charge >= 0.3 is 0 Å². The average molecular weight is 282 g/mol. The van der Waals surface area contributed by atoms with Gasteiger partial charge in [-0.3, -0.25) is 4.79 Å². The number of benzene rings is 2. The lowest BCUT2D eigenvalue weighted by molar-refractivity contribution is -0.116. The van der Waals surface area contributed by atoms with E-state index in [-0.39, 0.29) is 5.91 Å². The van der Waals surface area contributed by atoms with Gasteiger partial charge in [0, 0.05) is 24.3 Å². The quantitative estimate of drug-likeness (QED) is 0.803. The van der Waals surface area contributed by atoms with Crippen LogP contribution in [0.1, 0.15) is 25.3 Å². The summed E-state index contributed by atoms with van der Waals surface area (Å²) in [4.78, 5) is 11.5. The number of amides is 1. The third-order valence-corrected chi connectivity index (χ3v) is 3.23. The zero-order valence-corrected chi connectivity index (χ0v) is 12.4. The van der Waals surface area contributed by atoms with E-state index in [9.17, 15) is 4.79 Å². The van der Waals surface area contributed by atoms with Gasteiger partial charge in [-0.1, -0.05) is 37.3 Å². The molecule has 0 spiro atoms. The smallest absolute Gasteiger partial charge is 0.224 e. The summed E-state index contributed by atoms with van der Waals surface area (Å²) >= 11 is 0. The highest BCUT2D eigenvalue weighted by molar-refractivity contribution is 5.90. The molecule has 3 nitrogen and oxygen atoms in total. The number of rotatable bonds is 7. The summed E-state index contributed by atoms with van der Waals surface area (Å²) in [7, 11) is 0. The fourth-order valence-electron chi connectivity index (χ4n) is 2.12. The Morgan fingerprint density at radius 2 is 1.62 bits per heavy atom. The Kier molecular flexibility index (Phi) is 5.83. The zero-order chi connectivity index (χ0) is 14.9. The normalized spacial score (nSPS) is 10.1. The molecule has 1 amide bonds. The Balaban J connectivity index is 1.78. The van der Waals surface area contributed by atoms with Crippen LogP contribution < -0.4 is 10.6 Å². The second-order valence-electron chi connectivity index (χ2n) is 5.04. The van der Waals surface area contributed by atoms with E-state index in [1.165, 1.54) is 5.56 Å². The van der Waals surface area contributed by atoms with Crippen molar-refractivity contribution in [2.24, 2.45) is 0 Å². The Morgan fingerprint density at radius 1 is 0.952 bits per heavy atom. The third kappa shape index (κ3) is 5.30. The predicted octanol–water partition coefficient (Wildman–Crippen LogP) is 4.08. The minimum Gasteiger partial charge on any atom is -0.385 e. The number of hydrogen-bond donors (Lipinski definition) is 2. The molecule has 0 bridgehead atoms. The van der Waals surface area contributed by atoms with Crippen LogP contribution in [-0.4, -0.2) is 12.5 Å². The molecule has 2 aromatic rings. The molecule has 3 heteroatoms.